The summed E-state index contributed by atoms with van der Waals surface area (Å²) in [5.74, 6) is 0. The minimum Gasteiger partial charge on any atom is -0.754 e. The van der Waals surface area contributed by atoms with E-state index in [0.29, 0.717) is 0 Å². The molecule has 0 bridgehead atoms. The van der Waals surface area contributed by atoms with Crippen LogP contribution in [0.25, 0.3) is 0 Å². The van der Waals surface area contributed by atoms with Gasteiger partial charge >= 0.3 is 13.9 Å². The van der Waals surface area contributed by atoms with Crippen LogP contribution in [0.1, 0.15) is 0 Å². The minimum atomic E-state index is -5.06. The molecular weight excluding hydrogens is 218 g/mol. The maximum atomic E-state index is 10.2. The predicted molar refractivity (Wildman–Crippen MR) is 46.1 cm³/mol. The van der Waals surface area contributed by atoms with Gasteiger partial charge in [0.15, 0.2) is 0 Å². The molecule has 2 N–H and O–H groups in total. The number of phosphoric acid groups is 1. The Hall–Kier alpha value is -0.690. The van der Waals surface area contributed by atoms with E-state index >= 15 is 0 Å². The van der Waals surface area contributed by atoms with Crippen molar-refractivity contribution in [3.05, 3.63) is 0 Å². The summed E-state index contributed by atoms with van der Waals surface area (Å²) in [6, 6.07) is 0.769. The molecule has 0 heterocycles. The lowest BCUT2D eigenvalue weighted by molar-refractivity contribution is -0.248. The molecule has 1 atom stereocenters. The smallest absolute Gasteiger partial charge is 0.501 e. The van der Waals surface area contributed by atoms with Crippen molar-refractivity contribution in [1.82, 2.24) is 10.2 Å². The fourth-order valence-electron chi connectivity index (χ4n) is 0.508. The van der Waals surface area contributed by atoms with Crippen LogP contribution in [-0.2, 0) is 9.29 Å². The molecular formula is C5H14FN2O5P. The lowest BCUT2D eigenvalue weighted by atomic mass is 10.8. The standard InChI is InChI=1S/C5H13N2O.FH2O4P/c1-6-5(8-4)7(2)3;1-5-6(2,3)4/h6H,1-4H3;(H2,2,3,4)/q+1;/p-1. The van der Waals surface area contributed by atoms with Crippen LogP contribution in [-0.4, -0.2) is 44.1 Å². The van der Waals surface area contributed by atoms with Gasteiger partial charge in [0.2, 0.25) is 0 Å². The lowest BCUT2D eigenvalue weighted by Gasteiger charge is -2.04. The third-order valence-corrected chi connectivity index (χ3v) is 1.08. The number of nitrogens with zero attached hydrogens (tertiary/aromatic N) is 1. The second-order valence-corrected chi connectivity index (χ2v) is 3.27. The number of hydrogen-bond donors (Lipinski definition) is 2. The Morgan fingerprint density at radius 3 is 2.07 bits per heavy atom. The normalized spacial score (nSPS) is 14.9. The minimum absolute atomic E-state index is 0.769. The van der Waals surface area contributed by atoms with Gasteiger partial charge in [-0.05, 0) is 4.53 Å². The number of nitrogens with one attached hydrogen (secondary N) is 1. The van der Waals surface area contributed by atoms with Crippen LogP contribution in [0.5, 0.6) is 0 Å². The summed E-state index contributed by atoms with van der Waals surface area (Å²) in [5, 5.41) is 2.87. The molecule has 86 valence electrons. The maximum Gasteiger partial charge on any atom is 0.501 e. The van der Waals surface area contributed by atoms with E-state index in [1.165, 1.54) is 0 Å². The molecule has 0 aliphatic rings. The van der Waals surface area contributed by atoms with Crippen molar-refractivity contribution in [2.75, 3.05) is 28.3 Å². The zero-order chi connectivity index (χ0) is 11.8. The highest BCUT2D eigenvalue weighted by Gasteiger charge is 2.06. The molecule has 1 unspecified atom stereocenters. The molecule has 0 aromatic carbocycles. The van der Waals surface area contributed by atoms with Crippen LogP contribution >= 0.6 is 7.82 Å². The highest BCUT2D eigenvalue weighted by Crippen LogP contribution is 2.29. The molecule has 0 aliphatic heterocycles. The number of halogens is 1. The number of carbonyl (C=O) groups excluding carboxylic acids is 1. The van der Waals surface area contributed by atoms with E-state index < -0.39 is 7.82 Å². The molecule has 7 nitrogen and oxygen atoms in total. The summed E-state index contributed by atoms with van der Waals surface area (Å²) in [6.45, 7) is 0. The van der Waals surface area contributed by atoms with Gasteiger partial charge in [0.25, 0.3) is 7.11 Å². The van der Waals surface area contributed by atoms with Gasteiger partial charge in [-0.15, -0.1) is 4.73 Å². The van der Waals surface area contributed by atoms with E-state index in [9.17, 15) is 4.53 Å². The lowest BCUT2D eigenvalue weighted by Crippen LogP contribution is -2.32. The van der Waals surface area contributed by atoms with Crippen molar-refractivity contribution in [3.63, 3.8) is 0 Å². The van der Waals surface area contributed by atoms with Crippen molar-refractivity contribution < 1.29 is 28.0 Å². The van der Waals surface area contributed by atoms with Crippen LogP contribution in [0.15, 0.2) is 0 Å². The Labute approximate surface area is 81.3 Å². The van der Waals surface area contributed by atoms with E-state index in [0.717, 1.165) is 6.03 Å². The zero-order valence-electron chi connectivity index (χ0n) is 8.35. The SMILES string of the molecule is CNC(=[O+]C)N(C)C.O=P([O-])(O)OF. The molecule has 0 radical (unpaired) electrons. The van der Waals surface area contributed by atoms with Gasteiger partial charge in [-0.2, -0.15) is 0 Å². The van der Waals surface area contributed by atoms with E-state index in [1.807, 2.05) is 30.8 Å². The Kier molecular flexibility index (Phi) is 8.66. The predicted octanol–water partition coefficient (Wildman–Crippen LogP) is -0.599. The number of amides is 2. The van der Waals surface area contributed by atoms with Gasteiger partial charge in [0, 0.05) is 21.1 Å². The number of urea groups is 1. The molecule has 0 spiro atoms. The van der Waals surface area contributed by atoms with Crippen molar-refractivity contribution in [1.29, 1.82) is 0 Å². The average Bonchev–Trinajstić information content (AvgIpc) is 2.06. The largest absolute Gasteiger partial charge is 0.754 e. The van der Waals surface area contributed by atoms with Gasteiger partial charge in [-0.1, -0.05) is 0 Å². The Balaban J connectivity index is 0. The fraction of sp³-hybridized carbons (Fsp3) is 0.800. The zero-order valence-corrected chi connectivity index (χ0v) is 9.25. The van der Waals surface area contributed by atoms with E-state index in [4.69, 9.17) is 18.8 Å². The van der Waals surface area contributed by atoms with E-state index in [-0.39, 0.29) is 0 Å². The Bertz CT molecular complexity index is 216. The molecule has 2 amide bonds. The summed E-state index contributed by atoms with van der Waals surface area (Å²) < 4.78 is 26.0. The first-order chi connectivity index (χ1) is 6.28. The third kappa shape index (κ3) is 11.3. The van der Waals surface area contributed by atoms with Gasteiger partial charge in [-0.25, -0.2) is 4.42 Å². The van der Waals surface area contributed by atoms with Gasteiger partial charge in [-0.3, -0.25) is 14.8 Å². The second-order valence-electron chi connectivity index (χ2n) is 2.19. The summed E-state index contributed by atoms with van der Waals surface area (Å²) >= 11 is 0. The number of hydrogen-bond acceptors (Lipinski definition) is 3. The molecule has 9 heteroatoms. The summed E-state index contributed by atoms with van der Waals surface area (Å²) in [4.78, 5) is 18.1. The highest BCUT2D eigenvalue weighted by molar-refractivity contribution is 7.44. The monoisotopic (exact) mass is 232 g/mol. The Morgan fingerprint density at radius 2 is 2.07 bits per heavy atom. The molecule has 0 fully saturated rings. The molecule has 0 aliphatic carbocycles. The van der Waals surface area contributed by atoms with Crippen molar-refractivity contribution in [2.45, 2.75) is 0 Å². The first-order valence-electron chi connectivity index (χ1n) is 3.38. The third-order valence-electron chi connectivity index (χ3n) is 0.901. The van der Waals surface area contributed by atoms with Crippen LogP contribution in [0.3, 0.4) is 0 Å². The first-order valence-corrected chi connectivity index (χ1v) is 4.88. The topological polar surface area (TPSA) is 96.2 Å². The van der Waals surface area contributed by atoms with Crippen molar-refractivity contribution >= 4 is 13.9 Å². The molecule has 0 saturated carbocycles. The van der Waals surface area contributed by atoms with E-state index in [2.05, 4.69) is 5.32 Å². The quantitative estimate of drug-likeness (QED) is 0.466. The van der Waals surface area contributed by atoms with Crippen molar-refractivity contribution in [2.24, 2.45) is 0 Å². The summed E-state index contributed by atoms with van der Waals surface area (Å²) in [7, 11) is 2.21. The molecule has 14 heavy (non-hydrogen) atoms. The second kappa shape index (κ2) is 7.69. The van der Waals surface area contributed by atoms with E-state index in [1.54, 1.807) is 7.11 Å². The van der Waals surface area contributed by atoms with Gasteiger partial charge < -0.3 is 9.79 Å². The van der Waals surface area contributed by atoms with Crippen molar-refractivity contribution in [3.8, 4) is 0 Å². The van der Waals surface area contributed by atoms with Crippen LogP contribution < -0.4 is 10.2 Å². The summed E-state index contributed by atoms with van der Waals surface area (Å²) in [5.41, 5.74) is 0. The van der Waals surface area contributed by atoms with Gasteiger partial charge in [0.05, 0.1) is 0 Å². The highest BCUT2D eigenvalue weighted by atomic mass is 31.2. The Morgan fingerprint density at radius 1 is 1.71 bits per heavy atom. The van der Waals surface area contributed by atoms with Gasteiger partial charge in [0.1, 0.15) is 0 Å². The first kappa shape index (κ1) is 15.8. The molecule has 0 aromatic rings. The fourth-order valence-corrected chi connectivity index (χ4v) is 0.508. The molecule has 0 aromatic heterocycles. The average molecular weight is 232 g/mol. The maximum absolute atomic E-state index is 10.2. The van der Waals surface area contributed by atoms with Crippen LogP contribution in [0, 0.1) is 0 Å². The molecule has 0 saturated heterocycles. The summed E-state index contributed by atoms with van der Waals surface area (Å²) in [6.07, 6.45) is 0. The number of rotatable bonds is 1. The molecule has 0 rings (SSSR count). The van der Waals surface area contributed by atoms with Crippen LogP contribution in [0.2, 0.25) is 0 Å². The van der Waals surface area contributed by atoms with Crippen LogP contribution in [0.4, 0.5) is 8.95 Å².